The predicted octanol–water partition coefficient (Wildman–Crippen LogP) is 0.799. The largest absolute Gasteiger partial charge is 0.353 e. The van der Waals surface area contributed by atoms with Crippen LogP contribution < -0.4 is 10.6 Å². The predicted molar refractivity (Wildman–Crippen MR) is 54.8 cm³/mol. The molecule has 80 valence electrons. The Bertz CT molecular complexity index is 222. The third-order valence-electron chi connectivity index (χ3n) is 1.68. The highest BCUT2D eigenvalue weighted by Gasteiger charge is 2.15. The molecule has 0 rings (SSSR count). The minimum absolute atomic E-state index is 0.0596. The van der Waals surface area contributed by atoms with Gasteiger partial charge in [0, 0.05) is 17.5 Å². The highest BCUT2D eigenvalue weighted by Crippen LogP contribution is 1.93. The summed E-state index contributed by atoms with van der Waals surface area (Å²) in [5.41, 5.74) is 8.07. The molecular formula is C8H17N5O. The van der Waals surface area contributed by atoms with Crippen LogP contribution >= 0.6 is 0 Å². The Hall–Kier alpha value is -1.26. The normalized spacial score (nSPS) is 12.0. The summed E-state index contributed by atoms with van der Waals surface area (Å²) in [5.74, 6) is -0.0596. The van der Waals surface area contributed by atoms with Crippen LogP contribution in [0.25, 0.3) is 10.4 Å². The summed E-state index contributed by atoms with van der Waals surface area (Å²) in [7, 11) is 1.71. The molecule has 0 aliphatic heterocycles. The van der Waals surface area contributed by atoms with Gasteiger partial charge < -0.3 is 10.6 Å². The molecule has 0 aromatic carbocycles. The van der Waals surface area contributed by atoms with Crippen molar-refractivity contribution in [2.24, 2.45) is 5.11 Å². The average Bonchev–Trinajstić information content (AvgIpc) is 2.11. The smallest absolute Gasteiger partial charge is 0.237 e. The number of hydrogen-bond acceptors (Lipinski definition) is 3. The number of nitrogens with zero attached hydrogens (tertiary/aromatic N) is 3. The van der Waals surface area contributed by atoms with Crippen LogP contribution in [0.2, 0.25) is 0 Å². The summed E-state index contributed by atoms with van der Waals surface area (Å²) in [6.07, 6.45) is 0.513. The summed E-state index contributed by atoms with van der Waals surface area (Å²) < 4.78 is 0. The molecule has 0 heterocycles. The van der Waals surface area contributed by atoms with E-state index < -0.39 is 0 Å². The van der Waals surface area contributed by atoms with Gasteiger partial charge in [0.2, 0.25) is 5.91 Å². The van der Waals surface area contributed by atoms with E-state index in [2.05, 4.69) is 20.7 Å². The van der Waals surface area contributed by atoms with Crippen molar-refractivity contribution in [1.29, 1.82) is 0 Å². The van der Waals surface area contributed by atoms with Gasteiger partial charge in [-0.2, -0.15) is 0 Å². The van der Waals surface area contributed by atoms with Crippen LogP contribution in [0.4, 0.5) is 0 Å². The molecule has 0 aliphatic rings. The van der Waals surface area contributed by atoms with Crippen molar-refractivity contribution in [1.82, 2.24) is 10.6 Å². The molecule has 0 spiro atoms. The van der Waals surface area contributed by atoms with Crippen molar-refractivity contribution in [3.05, 3.63) is 10.4 Å². The molecule has 0 radical (unpaired) electrons. The number of carbonyl (C=O) groups excluding carboxylic acids is 1. The first kappa shape index (κ1) is 12.7. The third kappa shape index (κ3) is 5.40. The van der Waals surface area contributed by atoms with Gasteiger partial charge in [-0.25, -0.2) is 0 Å². The monoisotopic (exact) mass is 199 g/mol. The molecule has 6 heteroatoms. The summed E-state index contributed by atoms with van der Waals surface area (Å²) in [4.78, 5) is 14.1. The zero-order chi connectivity index (χ0) is 11.0. The second-order valence-corrected chi connectivity index (χ2v) is 3.25. The van der Waals surface area contributed by atoms with Crippen molar-refractivity contribution in [2.75, 3.05) is 13.6 Å². The summed E-state index contributed by atoms with van der Waals surface area (Å²) >= 11 is 0. The number of azide groups is 1. The Morgan fingerprint density at radius 2 is 2.21 bits per heavy atom. The molecule has 0 saturated heterocycles. The van der Waals surface area contributed by atoms with E-state index in [0.29, 0.717) is 13.0 Å². The van der Waals surface area contributed by atoms with Gasteiger partial charge in [-0.3, -0.25) is 4.79 Å². The lowest BCUT2D eigenvalue weighted by molar-refractivity contribution is -0.123. The number of amides is 1. The van der Waals surface area contributed by atoms with Crippen molar-refractivity contribution < 1.29 is 4.79 Å². The van der Waals surface area contributed by atoms with E-state index in [4.69, 9.17) is 5.53 Å². The van der Waals surface area contributed by atoms with E-state index in [1.807, 2.05) is 13.8 Å². The van der Waals surface area contributed by atoms with Crippen LogP contribution in [0.15, 0.2) is 5.11 Å². The molecule has 2 N–H and O–H groups in total. The van der Waals surface area contributed by atoms with Gasteiger partial charge in [-0.05, 0) is 32.8 Å². The quantitative estimate of drug-likeness (QED) is 0.376. The summed E-state index contributed by atoms with van der Waals surface area (Å²) in [6.45, 7) is 4.13. The zero-order valence-electron chi connectivity index (χ0n) is 8.82. The molecule has 0 aliphatic carbocycles. The molecule has 0 bridgehead atoms. The Kier molecular flexibility index (Phi) is 6.53. The number of likely N-dealkylation sites (N-methyl/N-ethyl adjacent to an activating group) is 1. The highest BCUT2D eigenvalue weighted by atomic mass is 16.2. The fourth-order valence-corrected chi connectivity index (χ4v) is 1.02. The van der Waals surface area contributed by atoms with Gasteiger partial charge in [0.1, 0.15) is 0 Å². The first-order valence-electron chi connectivity index (χ1n) is 4.60. The minimum Gasteiger partial charge on any atom is -0.353 e. The molecule has 1 amide bonds. The maximum atomic E-state index is 11.5. The molecule has 0 aromatic rings. The van der Waals surface area contributed by atoms with Crippen LogP contribution in [0.1, 0.15) is 20.3 Å². The van der Waals surface area contributed by atoms with Gasteiger partial charge in [-0.1, -0.05) is 5.11 Å². The molecule has 6 nitrogen and oxygen atoms in total. The Labute approximate surface area is 83.7 Å². The summed E-state index contributed by atoms with van der Waals surface area (Å²) in [6, 6.07) is -0.166. The molecule has 0 saturated carbocycles. The lowest BCUT2D eigenvalue weighted by atomic mass is 10.2. The van der Waals surface area contributed by atoms with Crippen molar-refractivity contribution in [2.45, 2.75) is 32.4 Å². The molecule has 1 atom stereocenters. The first-order valence-corrected chi connectivity index (χ1v) is 4.60. The number of nitrogens with one attached hydrogen (secondary N) is 2. The molecule has 0 fully saturated rings. The van der Waals surface area contributed by atoms with E-state index in [-0.39, 0.29) is 18.0 Å². The van der Waals surface area contributed by atoms with E-state index in [0.717, 1.165) is 0 Å². The Morgan fingerprint density at radius 3 is 2.64 bits per heavy atom. The fraction of sp³-hybridized carbons (Fsp3) is 0.875. The molecule has 14 heavy (non-hydrogen) atoms. The lowest BCUT2D eigenvalue weighted by Crippen LogP contribution is -2.45. The number of carbonyl (C=O) groups is 1. The summed E-state index contributed by atoms with van der Waals surface area (Å²) in [5, 5.41) is 9.04. The molecule has 1 unspecified atom stereocenters. The number of hydrogen-bond donors (Lipinski definition) is 2. The first-order chi connectivity index (χ1) is 6.61. The van der Waals surface area contributed by atoms with E-state index >= 15 is 0 Å². The maximum Gasteiger partial charge on any atom is 0.237 e. The lowest BCUT2D eigenvalue weighted by Gasteiger charge is -2.16. The zero-order valence-corrected chi connectivity index (χ0v) is 8.82. The van der Waals surface area contributed by atoms with Crippen LogP contribution in [0.5, 0.6) is 0 Å². The SMILES string of the molecule is CNC(CCN=[N+]=[N-])C(=O)NC(C)C. The van der Waals surface area contributed by atoms with Gasteiger partial charge in [-0.15, -0.1) is 0 Å². The topological polar surface area (TPSA) is 89.9 Å². The molecular weight excluding hydrogens is 182 g/mol. The van der Waals surface area contributed by atoms with E-state index in [9.17, 15) is 4.79 Å². The van der Waals surface area contributed by atoms with Crippen LogP contribution in [-0.2, 0) is 4.79 Å². The van der Waals surface area contributed by atoms with Gasteiger partial charge in [0.15, 0.2) is 0 Å². The van der Waals surface area contributed by atoms with Gasteiger partial charge >= 0.3 is 0 Å². The Morgan fingerprint density at radius 1 is 1.57 bits per heavy atom. The fourth-order valence-electron chi connectivity index (χ4n) is 1.02. The second-order valence-electron chi connectivity index (χ2n) is 3.25. The average molecular weight is 199 g/mol. The standard InChI is InChI=1S/C8H17N5O/c1-6(2)12-8(14)7(10-3)4-5-11-13-9/h6-7,10H,4-5H2,1-3H3,(H,12,14). The van der Waals surface area contributed by atoms with E-state index in [1.54, 1.807) is 7.05 Å². The minimum atomic E-state index is -0.289. The Balaban J connectivity index is 3.98. The van der Waals surface area contributed by atoms with Gasteiger partial charge in [0.25, 0.3) is 0 Å². The number of rotatable bonds is 6. The van der Waals surface area contributed by atoms with Gasteiger partial charge in [0.05, 0.1) is 6.04 Å². The highest BCUT2D eigenvalue weighted by molar-refractivity contribution is 5.81. The second kappa shape index (κ2) is 7.17. The molecule has 0 aromatic heterocycles. The van der Waals surface area contributed by atoms with E-state index in [1.165, 1.54) is 0 Å². The van der Waals surface area contributed by atoms with Crippen LogP contribution in [-0.4, -0.2) is 31.6 Å². The van der Waals surface area contributed by atoms with Crippen molar-refractivity contribution in [3.8, 4) is 0 Å². The van der Waals surface area contributed by atoms with Crippen molar-refractivity contribution >= 4 is 5.91 Å². The van der Waals surface area contributed by atoms with Crippen LogP contribution in [0.3, 0.4) is 0 Å². The maximum absolute atomic E-state index is 11.5. The van der Waals surface area contributed by atoms with Crippen molar-refractivity contribution in [3.63, 3.8) is 0 Å². The third-order valence-corrected chi connectivity index (χ3v) is 1.68. The van der Waals surface area contributed by atoms with Crippen LogP contribution in [0, 0.1) is 0 Å².